The highest BCUT2D eigenvalue weighted by Gasteiger charge is 2.15. The van der Waals surface area contributed by atoms with Crippen molar-refractivity contribution in [3.8, 4) is 0 Å². The van der Waals surface area contributed by atoms with Crippen molar-refractivity contribution in [2.24, 2.45) is 0 Å². The molecule has 3 heteroatoms. The van der Waals surface area contributed by atoms with Crippen molar-refractivity contribution in [1.82, 2.24) is 4.90 Å². The summed E-state index contributed by atoms with van der Waals surface area (Å²) in [7, 11) is 2.20. The molecule has 0 aromatic heterocycles. The van der Waals surface area contributed by atoms with Crippen LogP contribution in [0.4, 0.5) is 5.69 Å². The molecule has 0 radical (unpaired) electrons. The van der Waals surface area contributed by atoms with Crippen LogP contribution in [-0.2, 0) is 0 Å². The molecule has 1 aromatic rings. The van der Waals surface area contributed by atoms with Gasteiger partial charge in [-0.1, -0.05) is 0 Å². The summed E-state index contributed by atoms with van der Waals surface area (Å²) in [4.78, 5) is 2.39. The van der Waals surface area contributed by atoms with Crippen LogP contribution in [0.5, 0.6) is 0 Å². The van der Waals surface area contributed by atoms with E-state index in [0.29, 0.717) is 6.04 Å². The zero-order valence-corrected chi connectivity index (χ0v) is 11.2. The standard InChI is InChI=1S/C12H17IN2/c1-15-8-6-12(7-9-15)14-11-4-2-10(13)3-5-11/h2-5,12,14H,6-9H2,1H3. The number of halogens is 1. The average molecular weight is 316 g/mol. The van der Waals surface area contributed by atoms with E-state index in [9.17, 15) is 0 Å². The van der Waals surface area contributed by atoms with Gasteiger partial charge in [0.15, 0.2) is 0 Å². The van der Waals surface area contributed by atoms with Crippen LogP contribution in [0.25, 0.3) is 0 Å². The van der Waals surface area contributed by atoms with E-state index < -0.39 is 0 Å². The van der Waals surface area contributed by atoms with Crippen LogP contribution in [0.2, 0.25) is 0 Å². The Morgan fingerprint density at radius 2 is 1.80 bits per heavy atom. The van der Waals surface area contributed by atoms with Gasteiger partial charge in [0, 0.05) is 15.3 Å². The third-order valence-electron chi connectivity index (χ3n) is 2.93. The molecule has 0 aliphatic carbocycles. The maximum atomic E-state index is 3.60. The maximum absolute atomic E-state index is 3.60. The van der Waals surface area contributed by atoms with Crippen LogP contribution in [0, 0.1) is 3.57 Å². The highest BCUT2D eigenvalue weighted by molar-refractivity contribution is 14.1. The Balaban J connectivity index is 1.89. The average Bonchev–Trinajstić information content (AvgIpc) is 2.25. The number of nitrogens with one attached hydrogen (secondary N) is 1. The molecule has 0 saturated carbocycles. The van der Waals surface area contributed by atoms with Crippen molar-refractivity contribution in [1.29, 1.82) is 0 Å². The van der Waals surface area contributed by atoms with Gasteiger partial charge in [-0.15, -0.1) is 0 Å². The molecular formula is C12H17IN2. The van der Waals surface area contributed by atoms with Gasteiger partial charge in [-0.2, -0.15) is 0 Å². The lowest BCUT2D eigenvalue weighted by Crippen LogP contribution is -2.36. The van der Waals surface area contributed by atoms with Crippen LogP contribution in [0.3, 0.4) is 0 Å². The second kappa shape index (κ2) is 5.16. The van der Waals surface area contributed by atoms with Crippen molar-refractivity contribution >= 4 is 28.3 Å². The Morgan fingerprint density at radius 3 is 2.40 bits per heavy atom. The maximum Gasteiger partial charge on any atom is 0.0343 e. The second-order valence-corrected chi connectivity index (χ2v) is 5.47. The lowest BCUT2D eigenvalue weighted by Gasteiger charge is -2.30. The van der Waals surface area contributed by atoms with E-state index in [-0.39, 0.29) is 0 Å². The number of rotatable bonds is 2. The smallest absolute Gasteiger partial charge is 0.0343 e. The number of likely N-dealkylation sites (tertiary alicyclic amines) is 1. The van der Waals surface area contributed by atoms with Crippen molar-refractivity contribution in [2.75, 3.05) is 25.5 Å². The summed E-state index contributed by atoms with van der Waals surface area (Å²) < 4.78 is 1.29. The predicted octanol–water partition coefficient (Wildman–Crippen LogP) is 2.80. The molecule has 82 valence electrons. The molecular weight excluding hydrogens is 299 g/mol. The molecule has 1 saturated heterocycles. The molecule has 15 heavy (non-hydrogen) atoms. The fourth-order valence-corrected chi connectivity index (χ4v) is 2.29. The van der Waals surface area contributed by atoms with Gasteiger partial charge < -0.3 is 10.2 Å². The van der Waals surface area contributed by atoms with Crippen molar-refractivity contribution in [3.05, 3.63) is 27.8 Å². The first-order valence-corrected chi connectivity index (χ1v) is 6.52. The zero-order valence-electron chi connectivity index (χ0n) is 9.04. The summed E-state index contributed by atoms with van der Waals surface area (Å²) in [5.41, 5.74) is 1.25. The molecule has 1 heterocycles. The van der Waals surface area contributed by atoms with Gasteiger partial charge in [-0.25, -0.2) is 0 Å². The molecule has 0 spiro atoms. The molecule has 0 amide bonds. The van der Waals surface area contributed by atoms with Crippen LogP contribution in [0.1, 0.15) is 12.8 Å². The normalized spacial score (nSPS) is 19.1. The predicted molar refractivity (Wildman–Crippen MR) is 73.3 cm³/mol. The molecule has 1 aliphatic heterocycles. The fourth-order valence-electron chi connectivity index (χ4n) is 1.93. The minimum absolute atomic E-state index is 0.654. The number of piperidine rings is 1. The Morgan fingerprint density at radius 1 is 1.20 bits per heavy atom. The minimum Gasteiger partial charge on any atom is -0.382 e. The summed E-state index contributed by atoms with van der Waals surface area (Å²) in [6, 6.07) is 9.29. The summed E-state index contributed by atoms with van der Waals surface area (Å²) in [6.45, 7) is 2.42. The number of benzene rings is 1. The van der Waals surface area contributed by atoms with Gasteiger partial charge in [-0.3, -0.25) is 0 Å². The largest absolute Gasteiger partial charge is 0.382 e. The van der Waals surface area contributed by atoms with Gasteiger partial charge >= 0.3 is 0 Å². The molecule has 1 N–H and O–H groups in total. The van der Waals surface area contributed by atoms with E-state index in [1.807, 2.05) is 0 Å². The molecule has 1 fully saturated rings. The highest BCUT2D eigenvalue weighted by atomic mass is 127. The van der Waals surface area contributed by atoms with E-state index in [1.54, 1.807) is 0 Å². The van der Waals surface area contributed by atoms with Gasteiger partial charge in [-0.05, 0) is 79.8 Å². The van der Waals surface area contributed by atoms with E-state index in [1.165, 1.54) is 35.2 Å². The second-order valence-electron chi connectivity index (χ2n) is 4.23. The van der Waals surface area contributed by atoms with E-state index in [0.717, 1.165) is 0 Å². The van der Waals surface area contributed by atoms with Crippen LogP contribution in [-0.4, -0.2) is 31.1 Å². The minimum atomic E-state index is 0.654. The number of hydrogen-bond acceptors (Lipinski definition) is 2. The van der Waals surface area contributed by atoms with Gasteiger partial charge in [0.25, 0.3) is 0 Å². The molecule has 1 aliphatic rings. The Bertz CT molecular complexity index is 302. The van der Waals surface area contributed by atoms with Gasteiger partial charge in [0.05, 0.1) is 0 Å². The number of anilines is 1. The van der Waals surface area contributed by atoms with E-state index in [4.69, 9.17) is 0 Å². The van der Waals surface area contributed by atoms with E-state index in [2.05, 4.69) is 64.1 Å². The Hall–Kier alpha value is -0.290. The summed E-state index contributed by atoms with van der Waals surface area (Å²) in [5, 5.41) is 3.60. The first kappa shape index (κ1) is 11.2. The van der Waals surface area contributed by atoms with Crippen LogP contribution >= 0.6 is 22.6 Å². The molecule has 2 nitrogen and oxygen atoms in total. The monoisotopic (exact) mass is 316 g/mol. The zero-order chi connectivity index (χ0) is 10.7. The van der Waals surface area contributed by atoms with Crippen molar-refractivity contribution < 1.29 is 0 Å². The summed E-state index contributed by atoms with van der Waals surface area (Å²) in [6.07, 6.45) is 2.50. The quantitative estimate of drug-likeness (QED) is 0.844. The van der Waals surface area contributed by atoms with E-state index >= 15 is 0 Å². The first-order valence-electron chi connectivity index (χ1n) is 5.45. The lowest BCUT2D eigenvalue weighted by molar-refractivity contribution is 0.264. The lowest BCUT2D eigenvalue weighted by atomic mass is 10.1. The van der Waals surface area contributed by atoms with Crippen molar-refractivity contribution in [2.45, 2.75) is 18.9 Å². The Labute approximate surface area is 105 Å². The van der Waals surface area contributed by atoms with Gasteiger partial charge in [0.2, 0.25) is 0 Å². The molecule has 1 aromatic carbocycles. The first-order chi connectivity index (χ1) is 7.24. The molecule has 0 unspecified atom stereocenters. The van der Waals surface area contributed by atoms with Crippen LogP contribution < -0.4 is 5.32 Å². The highest BCUT2D eigenvalue weighted by Crippen LogP contribution is 2.16. The summed E-state index contributed by atoms with van der Waals surface area (Å²) in [5.74, 6) is 0. The Kier molecular flexibility index (Phi) is 3.86. The SMILES string of the molecule is CN1CCC(Nc2ccc(I)cc2)CC1. The topological polar surface area (TPSA) is 15.3 Å². The summed E-state index contributed by atoms with van der Waals surface area (Å²) >= 11 is 2.34. The number of nitrogens with zero attached hydrogens (tertiary/aromatic N) is 1. The molecule has 2 rings (SSSR count). The van der Waals surface area contributed by atoms with Crippen molar-refractivity contribution in [3.63, 3.8) is 0 Å². The van der Waals surface area contributed by atoms with Crippen LogP contribution in [0.15, 0.2) is 24.3 Å². The third-order valence-corrected chi connectivity index (χ3v) is 3.65. The molecule has 0 atom stereocenters. The van der Waals surface area contributed by atoms with Gasteiger partial charge in [0.1, 0.15) is 0 Å². The molecule has 0 bridgehead atoms. The fraction of sp³-hybridized carbons (Fsp3) is 0.500. The number of hydrogen-bond donors (Lipinski definition) is 1. The third kappa shape index (κ3) is 3.34.